The Morgan fingerprint density at radius 1 is 1.11 bits per heavy atom. The summed E-state index contributed by atoms with van der Waals surface area (Å²) in [6, 6.07) is 0.220. The molecule has 4 fully saturated rings. The quantitative estimate of drug-likeness (QED) is 0.314. The number of halogens is 1. The summed E-state index contributed by atoms with van der Waals surface area (Å²) in [4.78, 5) is 26.2. The molecule has 0 aromatic heterocycles. The Kier molecular flexibility index (Phi) is 4.92. The summed E-state index contributed by atoms with van der Waals surface area (Å²) >= 11 is 2.15. The lowest BCUT2D eigenvalue weighted by Crippen LogP contribution is -2.70. The molecule has 0 radical (unpaired) electrons. The number of alkyl halides is 1. The van der Waals surface area contributed by atoms with E-state index in [1.54, 1.807) is 0 Å². The SMILES string of the molecule is CC(C)(C)NC(=O)C1(I)C[C@@]2(C)C(CC[C@@H]3[C@H]2CC[C@]2(C)CCC[C@@H]32)NC1=O. The van der Waals surface area contributed by atoms with Gasteiger partial charge in [-0.2, -0.15) is 0 Å². The zero-order valence-electron chi connectivity index (χ0n) is 18.2. The van der Waals surface area contributed by atoms with E-state index in [9.17, 15) is 9.59 Å². The fourth-order valence-electron chi connectivity index (χ4n) is 7.44. The number of fused-ring (bicyclic) bond motifs is 5. The Bertz CT molecular complexity index is 689. The second kappa shape index (κ2) is 6.58. The molecule has 1 aliphatic heterocycles. The van der Waals surface area contributed by atoms with Crippen LogP contribution in [0, 0.1) is 28.6 Å². The maximum Gasteiger partial charge on any atom is 0.246 e. The minimum atomic E-state index is -1.01. The van der Waals surface area contributed by atoms with Crippen LogP contribution in [0.2, 0.25) is 0 Å². The van der Waals surface area contributed by atoms with Crippen LogP contribution in [0.3, 0.4) is 0 Å². The highest BCUT2D eigenvalue weighted by atomic mass is 127. The van der Waals surface area contributed by atoms with Crippen molar-refractivity contribution in [3.63, 3.8) is 0 Å². The van der Waals surface area contributed by atoms with Gasteiger partial charge in [-0.05, 0) is 94.3 Å². The largest absolute Gasteiger partial charge is 0.351 e. The van der Waals surface area contributed by atoms with E-state index in [2.05, 4.69) is 47.1 Å². The number of nitrogens with one attached hydrogen (secondary N) is 2. The van der Waals surface area contributed by atoms with Gasteiger partial charge in [-0.3, -0.25) is 9.59 Å². The van der Waals surface area contributed by atoms with Crippen LogP contribution < -0.4 is 10.6 Å². The van der Waals surface area contributed by atoms with E-state index in [0.29, 0.717) is 17.8 Å². The molecule has 0 aromatic rings. The third-order valence-electron chi connectivity index (χ3n) is 8.79. The summed E-state index contributed by atoms with van der Waals surface area (Å²) in [7, 11) is 0. The van der Waals surface area contributed by atoms with Crippen LogP contribution in [0.25, 0.3) is 0 Å². The Morgan fingerprint density at radius 2 is 1.82 bits per heavy atom. The molecule has 1 saturated heterocycles. The first-order valence-electron chi connectivity index (χ1n) is 11.2. The van der Waals surface area contributed by atoms with Crippen LogP contribution in [0.4, 0.5) is 0 Å². The van der Waals surface area contributed by atoms with Gasteiger partial charge < -0.3 is 10.6 Å². The van der Waals surface area contributed by atoms with Crippen LogP contribution in [0.5, 0.6) is 0 Å². The molecule has 2 N–H and O–H groups in total. The maximum absolute atomic E-state index is 13.2. The van der Waals surface area contributed by atoms with Crippen molar-refractivity contribution in [1.82, 2.24) is 10.6 Å². The van der Waals surface area contributed by atoms with E-state index in [4.69, 9.17) is 0 Å². The first kappa shape index (κ1) is 20.9. The van der Waals surface area contributed by atoms with Crippen molar-refractivity contribution >= 4 is 34.4 Å². The highest BCUT2D eigenvalue weighted by Crippen LogP contribution is 2.65. The number of amides is 2. The maximum atomic E-state index is 13.2. The number of hydrogen-bond acceptors (Lipinski definition) is 2. The third-order valence-corrected chi connectivity index (χ3v) is 10.1. The summed E-state index contributed by atoms with van der Waals surface area (Å²) < 4.78 is -1.01. The highest BCUT2D eigenvalue weighted by Gasteiger charge is 2.63. The van der Waals surface area contributed by atoms with Crippen molar-refractivity contribution in [3.8, 4) is 0 Å². The monoisotopic (exact) mass is 500 g/mol. The van der Waals surface area contributed by atoms with E-state index in [1.165, 1.54) is 38.5 Å². The van der Waals surface area contributed by atoms with Gasteiger partial charge in [-0.25, -0.2) is 0 Å². The predicted octanol–water partition coefficient (Wildman–Crippen LogP) is 4.60. The molecule has 3 aliphatic carbocycles. The van der Waals surface area contributed by atoms with Gasteiger partial charge in [0, 0.05) is 11.6 Å². The van der Waals surface area contributed by atoms with Gasteiger partial charge in [-0.1, -0.05) is 42.9 Å². The zero-order valence-corrected chi connectivity index (χ0v) is 20.3. The molecule has 4 nitrogen and oxygen atoms in total. The fourth-order valence-corrected chi connectivity index (χ4v) is 8.55. The number of carbonyl (C=O) groups is 2. The summed E-state index contributed by atoms with van der Waals surface area (Å²) in [5, 5.41) is 6.39. The Balaban J connectivity index is 1.63. The van der Waals surface area contributed by atoms with Crippen LogP contribution >= 0.6 is 22.6 Å². The summed E-state index contributed by atoms with van der Waals surface area (Å²) in [5.74, 6) is 2.02. The number of piperidine rings is 1. The third kappa shape index (κ3) is 3.13. The molecular weight excluding hydrogens is 463 g/mol. The van der Waals surface area contributed by atoms with Crippen molar-refractivity contribution in [1.29, 1.82) is 0 Å². The van der Waals surface area contributed by atoms with Crippen molar-refractivity contribution in [2.75, 3.05) is 0 Å². The normalized spacial score (nSPS) is 48.1. The van der Waals surface area contributed by atoms with Crippen LogP contribution in [-0.4, -0.2) is 26.8 Å². The summed E-state index contributed by atoms with van der Waals surface area (Å²) in [6.45, 7) is 10.8. The molecule has 4 rings (SSSR count). The molecule has 28 heavy (non-hydrogen) atoms. The average Bonchev–Trinajstić information content (AvgIpc) is 2.96. The lowest BCUT2D eigenvalue weighted by atomic mass is 9.47. The Labute approximate surface area is 183 Å². The van der Waals surface area contributed by atoms with Crippen molar-refractivity contribution in [2.24, 2.45) is 28.6 Å². The molecular formula is C23H37IN2O2. The minimum Gasteiger partial charge on any atom is -0.351 e. The molecule has 2 amide bonds. The van der Waals surface area contributed by atoms with E-state index in [0.717, 1.165) is 18.3 Å². The van der Waals surface area contributed by atoms with Crippen molar-refractivity contribution < 1.29 is 9.59 Å². The highest BCUT2D eigenvalue weighted by molar-refractivity contribution is 14.1. The average molecular weight is 500 g/mol. The summed E-state index contributed by atoms with van der Waals surface area (Å²) in [6.07, 6.45) is 9.71. The lowest BCUT2D eigenvalue weighted by Gasteiger charge is -2.61. The van der Waals surface area contributed by atoms with Gasteiger partial charge in [-0.15, -0.1) is 0 Å². The zero-order chi connectivity index (χ0) is 20.5. The molecule has 2 unspecified atom stereocenters. The lowest BCUT2D eigenvalue weighted by molar-refractivity contribution is -0.146. The van der Waals surface area contributed by atoms with Crippen LogP contribution in [0.1, 0.15) is 86.0 Å². The fraction of sp³-hybridized carbons (Fsp3) is 0.913. The molecule has 0 bridgehead atoms. The molecule has 0 aromatic carbocycles. The molecule has 1 heterocycles. The van der Waals surface area contributed by atoms with Gasteiger partial charge in [0.2, 0.25) is 11.8 Å². The standard InChI is InChI=1S/C23H37IN2O2/c1-20(2,3)26-19(28)23(24)13-22(5)16-10-12-21(4)11-6-7-15(21)14(16)8-9-17(22)25-18(23)27/h14-17H,6-13H2,1-5H3,(H,25,27)(H,26,28)/t14-,15-,16+,17?,21-,22+,23?/m0/s1. The molecule has 158 valence electrons. The second-order valence-electron chi connectivity index (χ2n) is 11.8. The molecule has 4 aliphatic rings. The van der Waals surface area contributed by atoms with Gasteiger partial charge in [0.15, 0.2) is 3.42 Å². The number of rotatable bonds is 1. The minimum absolute atomic E-state index is 0.0111. The number of carbonyl (C=O) groups excluding carboxylic acids is 2. The van der Waals surface area contributed by atoms with Crippen molar-refractivity contribution in [3.05, 3.63) is 0 Å². The predicted molar refractivity (Wildman–Crippen MR) is 120 cm³/mol. The number of hydrogen-bond donors (Lipinski definition) is 2. The van der Waals surface area contributed by atoms with Gasteiger partial charge in [0.05, 0.1) is 0 Å². The molecule has 0 spiro atoms. The van der Waals surface area contributed by atoms with Crippen LogP contribution in [-0.2, 0) is 9.59 Å². The Morgan fingerprint density at radius 3 is 2.50 bits per heavy atom. The van der Waals surface area contributed by atoms with Gasteiger partial charge >= 0.3 is 0 Å². The van der Waals surface area contributed by atoms with Gasteiger partial charge in [0.1, 0.15) is 0 Å². The molecule has 7 atom stereocenters. The second-order valence-corrected chi connectivity index (χ2v) is 13.6. The van der Waals surface area contributed by atoms with Gasteiger partial charge in [0.25, 0.3) is 0 Å². The first-order chi connectivity index (χ1) is 12.9. The van der Waals surface area contributed by atoms with Crippen LogP contribution in [0.15, 0.2) is 0 Å². The van der Waals surface area contributed by atoms with Crippen molar-refractivity contribution in [2.45, 2.75) is 101 Å². The molecule has 5 heteroatoms. The van der Waals surface area contributed by atoms with E-state index >= 15 is 0 Å². The Hall–Kier alpha value is -0.330. The van der Waals surface area contributed by atoms with E-state index in [-0.39, 0.29) is 28.8 Å². The first-order valence-corrected chi connectivity index (χ1v) is 12.3. The topological polar surface area (TPSA) is 58.2 Å². The smallest absolute Gasteiger partial charge is 0.246 e. The van der Waals surface area contributed by atoms with E-state index < -0.39 is 3.42 Å². The summed E-state index contributed by atoms with van der Waals surface area (Å²) in [5.41, 5.74) is 0.212. The van der Waals surface area contributed by atoms with E-state index in [1.807, 2.05) is 20.8 Å². The molecule has 3 saturated carbocycles.